The van der Waals surface area contributed by atoms with Gasteiger partial charge in [-0.3, -0.25) is 9.48 Å². The largest absolute Gasteiger partial charge is 0.435 e. The van der Waals surface area contributed by atoms with Crippen molar-refractivity contribution in [1.82, 2.24) is 19.0 Å². The molecule has 0 N–H and O–H groups in total. The lowest BCUT2D eigenvalue weighted by Crippen LogP contribution is -2.50. The number of benzene rings is 1. The van der Waals surface area contributed by atoms with Crippen LogP contribution in [-0.4, -0.2) is 59.5 Å². The Kier molecular flexibility index (Phi) is 5.38. The molecule has 1 saturated heterocycles. The summed E-state index contributed by atoms with van der Waals surface area (Å²) in [4.78, 5) is 13.1. The molecule has 0 saturated carbocycles. The Hall–Kier alpha value is -2.54. The maximum atomic E-state index is 13.4. The number of rotatable bonds is 3. The van der Waals surface area contributed by atoms with Gasteiger partial charge in [-0.05, 0) is 18.2 Å². The van der Waals surface area contributed by atoms with Crippen molar-refractivity contribution < 1.29 is 35.2 Å². The van der Waals surface area contributed by atoms with Crippen molar-refractivity contribution in [2.24, 2.45) is 7.05 Å². The molecule has 2 heterocycles. The van der Waals surface area contributed by atoms with Gasteiger partial charge in [0.25, 0.3) is 5.91 Å². The number of hydrogen-bond donors (Lipinski definition) is 0. The Labute approximate surface area is 162 Å². The number of aromatic nitrogens is 2. The van der Waals surface area contributed by atoms with Gasteiger partial charge in [0.05, 0.1) is 10.5 Å². The zero-order chi connectivity index (χ0) is 21.6. The van der Waals surface area contributed by atoms with Crippen LogP contribution in [0.2, 0.25) is 0 Å². The van der Waals surface area contributed by atoms with Gasteiger partial charge in [0, 0.05) is 39.4 Å². The molecule has 1 fully saturated rings. The second kappa shape index (κ2) is 7.37. The van der Waals surface area contributed by atoms with E-state index in [1.807, 2.05) is 0 Å². The van der Waals surface area contributed by atoms with Crippen LogP contribution in [-0.2, 0) is 23.2 Å². The maximum absolute atomic E-state index is 13.4. The Morgan fingerprint density at radius 3 is 2.24 bits per heavy atom. The third-order valence-electron chi connectivity index (χ3n) is 4.38. The van der Waals surface area contributed by atoms with Gasteiger partial charge in [-0.1, -0.05) is 0 Å². The first-order chi connectivity index (χ1) is 13.4. The van der Waals surface area contributed by atoms with Gasteiger partial charge in [-0.15, -0.1) is 0 Å². The number of piperazine rings is 1. The number of aryl methyl sites for hydroxylation is 1. The summed E-state index contributed by atoms with van der Waals surface area (Å²) >= 11 is 0. The highest BCUT2D eigenvalue weighted by Gasteiger charge is 2.40. The van der Waals surface area contributed by atoms with Crippen LogP contribution < -0.4 is 0 Å². The first-order valence-corrected chi connectivity index (χ1v) is 9.70. The number of sulfonamides is 1. The quantitative estimate of drug-likeness (QED) is 0.686. The van der Waals surface area contributed by atoms with E-state index in [9.17, 15) is 35.2 Å². The molecule has 1 aromatic heterocycles. The Morgan fingerprint density at radius 1 is 1.07 bits per heavy atom. The zero-order valence-corrected chi connectivity index (χ0v) is 15.8. The van der Waals surface area contributed by atoms with E-state index in [1.165, 1.54) is 7.05 Å². The molecular weight excluding hydrogens is 423 g/mol. The van der Waals surface area contributed by atoms with Crippen molar-refractivity contribution in [3.63, 3.8) is 0 Å². The minimum absolute atomic E-state index is 0.173. The highest BCUT2D eigenvalue weighted by atomic mass is 32.2. The van der Waals surface area contributed by atoms with Crippen molar-refractivity contribution in [1.29, 1.82) is 0 Å². The number of carbonyl (C=O) groups excluding carboxylic acids is 1. The molecule has 0 atom stereocenters. The van der Waals surface area contributed by atoms with Crippen LogP contribution in [0.5, 0.6) is 0 Å². The maximum Gasteiger partial charge on any atom is 0.435 e. The smallest absolute Gasteiger partial charge is 0.336 e. The lowest BCUT2D eigenvalue weighted by molar-refractivity contribution is -0.141. The number of amides is 1. The molecule has 0 aliphatic carbocycles. The molecule has 1 amide bonds. The number of nitrogens with zero attached hydrogens (tertiary/aromatic N) is 4. The van der Waals surface area contributed by atoms with E-state index in [4.69, 9.17) is 0 Å². The molecule has 0 radical (unpaired) electrons. The SMILES string of the molecule is Cn1cc(C(=O)N2CCN(S(=O)(=O)c3ccc(F)c(F)c3)CC2)c(C(F)(F)F)n1. The molecular formula is C16H15F5N4O3S. The predicted molar refractivity (Wildman–Crippen MR) is 89.2 cm³/mol. The molecule has 1 aliphatic rings. The van der Waals surface area contributed by atoms with E-state index in [0.29, 0.717) is 12.1 Å². The van der Waals surface area contributed by atoms with Crippen LogP contribution in [0.4, 0.5) is 22.0 Å². The predicted octanol–water partition coefficient (Wildman–Crippen LogP) is 1.86. The normalized spacial score (nSPS) is 16.3. The molecule has 2 aromatic rings. The average Bonchev–Trinajstić information content (AvgIpc) is 3.05. The number of hydrogen-bond acceptors (Lipinski definition) is 4. The fourth-order valence-corrected chi connectivity index (χ4v) is 4.38. The minimum Gasteiger partial charge on any atom is -0.336 e. The number of carbonyl (C=O) groups is 1. The average molecular weight is 438 g/mol. The molecule has 0 spiro atoms. The van der Waals surface area contributed by atoms with Crippen LogP contribution in [0.3, 0.4) is 0 Å². The molecule has 1 aromatic carbocycles. The van der Waals surface area contributed by atoms with Crippen LogP contribution in [0.1, 0.15) is 16.1 Å². The molecule has 1 aliphatic heterocycles. The lowest BCUT2D eigenvalue weighted by atomic mass is 10.2. The van der Waals surface area contributed by atoms with Crippen molar-refractivity contribution in [3.8, 4) is 0 Å². The van der Waals surface area contributed by atoms with Crippen molar-refractivity contribution in [2.45, 2.75) is 11.1 Å². The van der Waals surface area contributed by atoms with Crippen LogP contribution in [0.25, 0.3) is 0 Å². The zero-order valence-electron chi connectivity index (χ0n) is 14.9. The van der Waals surface area contributed by atoms with E-state index in [0.717, 1.165) is 26.2 Å². The second-order valence-corrected chi connectivity index (χ2v) is 8.27. The van der Waals surface area contributed by atoms with E-state index in [-0.39, 0.29) is 26.2 Å². The molecule has 13 heteroatoms. The molecule has 0 bridgehead atoms. The van der Waals surface area contributed by atoms with E-state index in [2.05, 4.69) is 5.10 Å². The van der Waals surface area contributed by atoms with E-state index < -0.39 is 49.9 Å². The van der Waals surface area contributed by atoms with E-state index >= 15 is 0 Å². The molecule has 0 unspecified atom stereocenters. The molecule has 158 valence electrons. The highest BCUT2D eigenvalue weighted by molar-refractivity contribution is 7.89. The third kappa shape index (κ3) is 4.10. The van der Waals surface area contributed by atoms with Crippen molar-refractivity contribution in [2.75, 3.05) is 26.2 Å². The van der Waals surface area contributed by atoms with Gasteiger partial charge in [0.2, 0.25) is 10.0 Å². The van der Waals surface area contributed by atoms with Gasteiger partial charge in [0.1, 0.15) is 0 Å². The molecule has 29 heavy (non-hydrogen) atoms. The lowest BCUT2D eigenvalue weighted by Gasteiger charge is -2.34. The Balaban J connectivity index is 1.75. The van der Waals surface area contributed by atoms with Gasteiger partial charge in [0.15, 0.2) is 17.3 Å². The Bertz CT molecular complexity index is 1040. The molecule has 7 nitrogen and oxygen atoms in total. The number of halogens is 5. The summed E-state index contributed by atoms with van der Waals surface area (Å²) in [6.07, 6.45) is -3.86. The summed E-state index contributed by atoms with van der Waals surface area (Å²) in [5, 5.41) is 3.28. The van der Waals surface area contributed by atoms with Crippen molar-refractivity contribution >= 4 is 15.9 Å². The number of alkyl halides is 3. The fraction of sp³-hybridized carbons (Fsp3) is 0.375. The van der Waals surface area contributed by atoms with Crippen molar-refractivity contribution in [3.05, 3.63) is 47.3 Å². The fourth-order valence-electron chi connectivity index (χ4n) is 2.94. The summed E-state index contributed by atoms with van der Waals surface area (Å²) in [7, 11) is -2.90. The third-order valence-corrected chi connectivity index (χ3v) is 6.28. The standard InChI is InChI=1S/C16H15F5N4O3S/c1-23-9-11(14(22-23)16(19,20)21)15(26)24-4-6-25(7-5-24)29(27,28)10-2-3-12(17)13(18)8-10/h2-3,8-9H,4-7H2,1H3. The van der Waals surface area contributed by atoms with Crippen LogP contribution >= 0.6 is 0 Å². The summed E-state index contributed by atoms with van der Waals surface area (Å²) < 4.78 is 92.5. The van der Waals surface area contributed by atoms with Crippen LogP contribution in [0.15, 0.2) is 29.3 Å². The Morgan fingerprint density at radius 2 is 1.69 bits per heavy atom. The minimum atomic E-state index is -4.82. The molecule has 3 rings (SSSR count). The van der Waals surface area contributed by atoms with Gasteiger partial charge >= 0.3 is 6.18 Å². The highest BCUT2D eigenvalue weighted by Crippen LogP contribution is 2.31. The topological polar surface area (TPSA) is 75.5 Å². The van der Waals surface area contributed by atoms with Crippen LogP contribution in [0, 0.1) is 11.6 Å². The van der Waals surface area contributed by atoms with Gasteiger partial charge in [-0.25, -0.2) is 17.2 Å². The second-order valence-electron chi connectivity index (χ2n) is 6.34. The van der Waals surface area contributed by atoms with Gasteiger partial charge < -0.3 is 4.90 Å². The summed E-state index contributed by atoms with van der Waals surface area (Å²) in [6.45, 7) is -0.773. The summed E-state index contributed by atoms with van der Waals surface area (Å²) in [5.41, 5.74) is -1.95. The summed E-state index contributed by atoms with van der Waals surface area (Å²) in [5.74, 6) is -3.44. The first kappa shape index (κ1) is 21.2. The first-order valence-electron chi connectivity index (χ1n) is 8.26. The monoisotopic (exact) mass is 438 g/mol. The summed E-state index contributed by atoms with van der Waals surface area (Å²) in [6, 6.07) is 2.15. The van der Waals surface area contributed by atoms with E-state index in [1.54, 1.807) is 0 Å². The van der Waals surface area contributed by atoms with Gasteiger partial charge in [-0.2, -0.15) is 22.6 Å².